The molecule has 0 aliphatic heterocycles. The Bertz CT molecular complexity index is 684. The smallest absolute Gasteiger partial charge is 0.329 e. The van der Waals surface area contributed by atoms with Crippen molar-refractivity contribution < 1.29 is 24.5 Å². The molecular formula is C18H19NO5. The molecule has 0 aliphatic carbocycles. The van der Waals surface area contributed by atoms with E-state index >= 15 is 0 Å². The van der Waals surface area contributed by atoms with E-state index in [-0.39, 0.29) is 6.42 Å². The Morgan fingerprint density at radius 2 is 1.71 bits per heavy atom. The highest BCUT2D eigenvalue weighted by Crippen LogP contribution is 2.20. The second-order valence-electron chi connectivity index (χ2n) is 5.26. The minimum Gasteiger partial charge on any atom is -0.497 e. The molecule has 24 heavy (non-hydrogen) atoms. The summed E-state index contributed by atoms with van der Waals surface area (Å²) >= 11 is 0. The quantitative estimate of drug-likeness (QED) is 0.716. The zero-order valence-corrected chi connectivity index (χ0v) is 13.2. The van der Waals surface area contributed by atoms with Crippen molar-refractivity contribution in [3.05, 3.63) is 65.7 Å². The lowest BCUT2D eigenvalue weighted by Gasteiger charge is -2.21. The molecule has 0 bridgehead atoms. The summed E-state index contributed by atoms with van der Waals surface area (Å²) in [6.07, 6.45) is -1.33. The predicted molar refractivity (Wildman–Crippen MR) is 87.7 cm³/mol. The van der Waals surface area contributed by atoms with Gasteiger partial charge in [0.2, 0.25) is 5.91 Å². The molecule has 0 heterocycles. The van der Waals surface area contributed by atoms with Gasteiger partial charge in [-0.15, -0.1) is 0 Å². The van der Waals surface area contributed by atoms with E-state index in [1.54, 1.807) is 48.5 Å². The molecule has 0 spiro atoms. The number of aliphatic hydroxyl groups excluding tert-OH is 1. The number of nitrogens with one attached hydrogen (secondary N) is 1. The van der Waals surface area contributed by atoms with Gasteiger partial charge in [-0.05, 0) is 23.3 Å². The van der Waals surface area contributed by atoms with Crippen LogP contribution in [-0.4, -0.2) is 35.2 Å². The number of carbonyl (C=O) groups excluding carboxylic acids is 1. The first-order valence-corrected chi connectivity index (χ1v) is 7.39. The number of aliphatic carboxylic acids is 1. The molecule has 1 amide bonds. The molecular weight excluding hydrogens is 310 g/mol. The van der Waals surface area contributed by atoms with Crippen LogP contribution in [0, 0.1) is 0 Å². The van der Waals surface area contributed by atoms with E-state index in [0.29, 0.717) is 11.3 Å². The lowest BCUT2D eigenvalue weighted by Crippen LogP contribution is -2.45. The van der Waals surface area contributed by atoms with E-state index in [4.69, 9.17) is 4.74 Å². The SMILES string of the molecule is COc1ccc(C(O)C(NC(=O)Cc2ccccc2)C(=O)O)cc1. The zero-order chi connectivity index (χ0) is 17.5. The van der Waals surface area contributed by atoms with Crippen molar-refractivity contribution in [1.82, 2.24) is 5.32 Å². The van der Waals surface area contributed by atoms with Gasteiger partial charge in [0.05, 0.1) is 13.5 Å². The Morgan fingerprint density at radius 3 is 2.25 bits per heavy atom. The van der Waals surface area contributed by atoms with Crippen molar-refractivity contribution in [1.29, 1.82) is 0 Å². The maximum atomic E-state index is 12.1. The van der Waals surface area contributed by atoms with E-state index in [1.165, 1.54) is 7.11 Å². The van der Waals surface area contributed by atoms with Crippen molar-refractivity contribution >= 4 is 11.9 Å². The first-order valence-electron chi connectivity index (χ1n) is 7.39. The maximum absolute atomic E-state index is 12.1. The second kappa shape index (κ2) is 8.12. The summed E-state index contributed by atoms with van der Waals surface area (Å²) in [7, 11) is 1.51. The number of hydrogen-bond donors (Lipinski definition) is 3. The molecule has 2 aromatic carbocycles. The maximum Gasteiger partial charge on any atom is 0.329 e. The van der Waals surface area contributed by atoms with Gasteiger partial charge < -0.3 is 20.3 Å². The Labute approximate surface area is 139 Å². The van der Waals surface area contributed by atoms with E-state index < -0.39 is 24.0 Å². The standard InChI is InChI=1S/C18H19NO5/c1-24-14-9-7-13(8-10-14)17(21)16(18(22)23)19-15(20)11-12-5-3-2-4-6-12/h2-10,16-17,21H,11H2,1H3,(H,19,20)(H,22,23). The molecule has 2 atom stereocenters. The van der Waals surface area contributed by atoms with Crippen LogP contribution in [0.2, 0.25) is 0 Å². The van der Waals surface area contributed by atoms with Gasteiger partial charge >= 0.3 is 5.97 Å². The fourth-order valence-electron chi connectivity index (χ4n) is 2.27. The number of hydrogen-bond acceptors (Lipinski definition) is 4. The van der Waals surface area contributed by atoms with Gasteiger partial charge in [0, 0.05) is 0 Å². The Balaban J connectivity index is 2.07. The third-order valence-corrected chi connectivity index (χ3v) is 3.56. The molecule has 6 heteroatoms. The van der Waals surface area contributed by atoms with Crippen LogP contribution in [-0.2, 0) is 16.0 Å². The molecule has 2 unspecified atom stereocenters. The molecule has 0 saturated heterocycles. The molecule has 3 N–H and O–H groups in total. The van der Waals surface area contributed by atoms with E-state index in [0.717, 1.165) is 5.56 Å². The third-order valence-electron chi connectivity index (χ3n) is 3.56. The molecule has 6 nitrogen and oxygen atoms in total. The summed E-state index contributed by atoms with van der Waals surface area (Å²) in [4.78, 5) is 23.5. The van der Waals surface area contributed by atoms with Gasteiger partial charge in [-0.1, -0.05) is 42.5 Å². The van der Waals surface area contributed by atoms with Crippen molar-refractivity contribution in [2.75, 3.05) is 7.11 Å². The number of carboxylic acids is 1. The Morgan fingerprint density at radius 1 is 1.08 bits per heavy atom. The first-order chi connectivity index (χ1) is 11.5. The van der Waals surface area contributed by atoms with Crippen LogP contribution in [0.4, 0.5) is 0 Å². The van der Waals surface area contributed by atoms with Crippen molar-refractivity contribution in [2.45, 2.75) is 18.6 Å². The molecule has 0 aliphatic rings. The van der Waals surface area contributed by atoms with E-state index in [9.17, 15) is 19.8 Å². The summed E-state index contributed by atoms with van der Waals surface area (Å²) in [5.74, 6) is -1.19. The topological polar surface area (TPSA) is 95.9 Å². The average Bonchev–Trinajstić information content (AvgIpc) is 2.60. The lowest BCUT2D eigenvalue weighted by atomic mass is 10.0. The minimum atomic E-state index is -1.44. The second-order valence-corrected chi connectivity index (χ2v) is 5.26. The molecule has 2 aromatic rings. The van der Waals surface area contributed by atoms with Gasteiger partial charge in [-0.25, -0.2) is 4.79 Å². The Hall–Kier alpha value is -2.86. The largest absolute Gasteiger partial charge is 0.497 e. The van der Waals surface area contributed by atoms with Crippen molar-refractivity contribution in [3.8, 4) is 5.75 Å². The van der Waals surface area contributed by atoms with E-state index in [2.05, 4.69) is 5.32 Å². The fraction of sp³-hybridized carbons (Fsp3) is 0.222. The molecule has 0 radical (unpaired) electrons. The predicted octanol–water partition coefficient (Wildman–Crippen LogP) is 1.54. The fourth-order valence-corrected chi connectivity index (χ4v) is 2.27. The van der Waals surface area contributed by atoms with Gasteiger partial charge in [-0.3, -0.25) is 4.79 Å². The zero-order valence-electron chi connectivity index (χ0n) is 13.2. The summed E-state index contributed by atoms with van der Waals surface area (Å²) < 4.78 is 5.02. The van der Waals surface area contributed by atoms with Gasteiger partial charge in [0.15, 0.2) is 6.04 Å². The summed E-state index contributed by atoms with van der Waals surface area (Å²) in [6, 6.07) is 13.9. The van der Waals surface area contributed by atoms with Gasteiger partial charge in [-0.2, -0.15) is 0 Å². The van der Waals surface area contributed by atoms with Crippen LogP contribution >= 0.6 is 0 Å². The highest BCUT2D eigenvalue weighted by molar-refractivity contribution is 5.85. The van der Waals surface area contributed by atoms with Crippen molar-refractivity contribution in [3.63, 3.8) is 0 Å². The molecule has 0 aromatic heterocycles. The Kier molecular flexibility index (Phi) is 5.92. The average molecular weight is 329 g/mol. The van der Waals surface area contributed by atoms with Crippen LogP contribution in [0.15, 0.2) is 54.6 Å². The van der Waals surface area contributed by atoms with Crippen molar-refractivity contribution in [2.24, 2.45) is 0 Å². The number of aliphatic hydroxyl groups is 1. The number of carboxylic acid groups (broad SMARTS) is 1. The van der Waals surface area contributed by atoms with Crippen LogP contribution in [0.3, 0.4) is 0 Å². The monoisotopic (exact) mass is 329 g/mol. The number of amides is 1. The normalized spacial score (nSPS) is 12.9. The summed E-state index contributed by atoms with van der Waals surface area (Å²) in [5.41, 5.74) is 1.14. The molecule has 126 valence electrons. The highest BCUT2D eigenvalue weighted by atomic mass is 16.5. The number of carbonyl (C=O) groups is 2. The number of benzene rings is 2. The number of ether oxygens (including phenoxy) is 1. The highest BCUT2D eigenvalue weighted by Gasteiger charge is 2.29. The minimum absolute atomic E-state index is 0.0416. The summed E-state index contributed by atoms with van der Waals surface area (Å²) in [6.45, 7) is 0. The van der Waals surface area contributed by atoms with Crippen LogP contribution < -0.4 is 10.1 Å². The lowest BCUT2D eigenvalue weighted by molar-refractivity contribution is -0.145. The molecule has 0 saturated carbocycles. The van der Waals surface area contributed by atoms with Crippen LogP contribution in [0.25, 0.3) is 0 Å². The van der Waals surface area contributed by atoms with Crippen LogP contribution in [0.5, 0.6) is 5.75 Å². The first kappa shape index (κ1) is 17.5. The van der Waals surface area contributed by atoms with Gasteiger partial charge in [0.25, 0.3) is 0 Å². The number of rotatable bonds is 7. The van der Waals surface area contributed by atoms with Gasteiger partial charge in [0.1, 0.15) is 11.9 Å². The summed E-state index contributed by atoms with van der Waals surface area (Å²) in [5, 5.41) is 22.0. The van der Waals surface area contributed by atoms with E-state index in [1.807, 2.05) is 6.07 Å². The van der Waals surface area contributed by atoms with Crippen LogP contribution in [0.1, 0.15) is 17.2 Å². The molecule has 0 fully saturated rings. The molecule has 2 rings (SSSR count). The third kappa shape index (κ3) is 4.57. The number of methoxy groups -OCH3 is 1.